The summed E-state index contributed by atoms with van der Waals surface area (Å²) >= 11 is 0. The third-order valence-corrected chi connectivity index (χ3v) is 4.92. The third-order valence-electron chi connectivity index (χ3n) is 4.92. The van der Waals surface area contributed by atoms with Gasteiger partial charge in [-0.3, -0.25) is 19.7 Å². The maximum Gasteiger partial charge on any atom is 0.246 e. The molecule has 3 atom stereocenters. The predicted molar refractivity (Wildman–Crippen MR) is 106 cm³/mol. The summed E-state index contributed by atoms with van der Waals surface area (Å²) in [6.07, 6.45) is 2.88. The molecule has 0 aliphatic carbocycles. The summed E-state index contributed by atoms with van der Waals surface area (Å²) in [5.41, 5.74) is -1.32. The van der Waals surface area contributed by atoms with Crippen molar-refractivity contribution in [1.82, 2.24) is 15.1 Å². The van der Waals surface area contributed by atoms with Crippen LogP contribution < -0.4 is 5.32 Å². The molecule has 7 nitrogen and oxygen atoms in total. The van der Waals surface area contributed by atoms with Crippen LogP contribution in [0, 0.1) is 11.8 Å². The van der Waals surface area contributed by atoms with E-state index in [1.54, 1.807) is 21.0 Å². The number of aldehydes is 2. The summed E-state index contributed by atoms with van der Waals surface area (Å²) in [7, 11) is 3.14. The van der Waals surface area contributed by atoms with Crippen LogP contribution in [-0.2, 0) is 19.2 Å². The van der Waals surface area contributed by atoms with Crippen LogP contribution in [0.3, 0.4) is 0 Å². The van der Waals surface area contributed by atoms with E-state index in [1.165, 1.54) is 9.80 Å². The first-order valence-corrected chi connectivity index (χ1v) is 9.70. The number of carbonyl (C=O) groups is 4. The number of hydrogen-bond donors (Lipinski definition) is 1. The van der Waals surface area contributed by atoms with Gasteiger partial charge in [0.25, 0.3) is 0 Å². The Hall–Kier alpha value is -1.76. The minimum absolute atomic E-state index is 0.0382. The van der Waals surface area contributed by atoms with Crippen LogP contribution in [0.15, 0.2) is 0 Å². The topological polar surface area (TPSA) is 86.8 Å². The van der Waals surface area contributed by atoms with Crippen molar-refractivity contribution in [3.8, 4) is 0 Å². The van der Waals surface area contributed by atoms with Crippen LogP contribution in [0.5, 0.6) is 0 Å². The van der Waals surface area contributed by atoms with Gasteiger partial charge in [-0.15, -0.1) is 0 Å². The van der Waals surface area contributed by atoms with E-state index in [2.05, 4.69) is 5.32 Å². The fourth-order valence-electron chi connectivity index (χ4n) is 2.97. The Labute approximate surface area is 163 Å². The molecular formula is C20H37N3O4. The molecule has 0 spiro atoms. The fraction of sp³-hybridized carbons (Fsp3) is 0.800. The van der Waals surface area contributed by atoms with Gasteiger partial charge in [-0.25, -0.2) is 0 Å². The number of nitrogens with one attached hydrogen (secondary N) is 1. The highest BCUT2D eigenvalue weighted by Gasteiger charge is 2.42. The number of hydrogen-bond acceptors (Lipinski definition) is 5. The molecule has 0 aromatic heterocycles. The SMILES string of the molecule is CCCC(=O)N(C)C(C)C(=O)N(C)C(C=O)(CC(C)C)NC(C=O)C(C)C. The van der Waals surface area contributed by atoms with E-state index in [4.69, 9.17) is 0 Å². The summed E-state index contributed by atoms with van der Waals surface area (Å²) in [6, 6.07) is -1.28. The lowest BCUT2D eigenvalue weighted by atomic mass is 9.93. The molecular weight excluding hydrogens is 346 g/mol. The molecule has 0 saturated carbocycles. The summed E-state index contributed by atoms with van der Waals surface area (Å²) < 4.78 is 0. The monoisotopic (exact) mass is 383 g/mol. The van der Waals surface area contributed by atoms with E-state index in [9.17, 15) is 19.2 Å². The third kappa shape index (κ3) is 6.72. The highest BCUT2D eigenvalue weighted by molar-refractivity contribution is 5.89. The zero-order chi connectivity index (χ0) is 21.4. The molecule has 0 saturated heterocycles. The Bertz CT molecular complexity index is 521. The first-order valence-electron chi connectivity index (χ1n) is 9.70. The van der Waals surface area contributed by atoms with Crippen LogP contribution in [0.1, 0.15) is 60.8 Å². The maximum absolute atomic E-state index is 13.1. The second-order valence-electron chi connectivity index (χ2n) is 8.02. The van der Waals surface area contributed by atoms with Crippen LogP contribution in [0.2, 0.25) is 0 Å². The van der Waals surface area contributed by atoms with Gasteiger partial charge in [-0.2, -0.15) is 0 Å². The summed E-state index contributed by atoms with van der Waals surface area (Å²) in [6.45, 7) is 11.2. The first kappa shape index (κ1) is 25.2. The molecule has 2 amide bonds. The van der Waals surface area contributed by atoms with Crippen LogP contribution in [-0.4, -0.2) is 66.0 Å². The van der Waals surface area contributed by atoms with Crippen molar-refractivity contribution in [2.24, 2.45) is 11.8 Å². The number of likely N-dealkylation sites (N-methyl/N-ethyl adjacent to an activating group) is 2. The van der Waals surface area contributed by atoms with Crippen LogP contribution in [0.25, 0.3) is 0 Å². The first-order chi connectivity index (χ1) is 12.5. The van der Waals surface area contributed by atoms with Gasteiger partial charge >= 0.3 is 0 Å². The van der Waals surface area contributed by atoms with Crippen molar-refractivity contribution in [2.75, 3.05) is 14.1 Å². The van der Waals surface area contributed by atoms with Gasteiger partial charge in [0.15, 0.2) is 11.9 Å². The minimum atomic E-state index is -1.32. The smallest absolute Gasteiger partial charge is 0.246 e. The van der Waals surface area contributed by atoms with Crippen molar-refractivity contribution in [3.05, 3.63) is 0 Å². The van der Waals surface area contributed by atoms with Crippen LogP contribution in [0.4, 0.5) is 0 Å². The summed E-state index contributed by atoms with van der Waals surface area (Å²) in [4.78, 5) is 51.6. The Morgan fingerprint density at radius 1 is 1.07 bits per heavy atom. The van der Waals surface area contributed by atoms with Gasteiger partial charge < -0.3 is 14.6 Å². The molecule has 0 aromatic rings. The lowest BCUT2D eigenvalue weighted by Crippen LogP contribution is -2.67. The van der Waals surface area contributed by atoms with Crippen molar-refractivity contribution in [2.45, 2.75) is 78.6 Å². The van der Waals surface area contributed by atoms with Gasteiger partial charge in [0.2, 0.25) is 11.8 Å². The maximum atomic E-state index is 13.1. The molecule has 156 valence electrons. The summed E-state index contributed by atoms with van der Waals surface area (Å²) in [5, 5.41) is 3.09. The van der Waals surface area contributed by atoms with E-state index in [1.807, 2.05) is 34.6 Å². The van der Waals surface area contributed by atoms with E-state index >= 15 is 0 Å². The Kier molecular flexibility index (Phi) is 10.4. The molecule has 3 unspecified atom stereocenters. The van der Waals surface area contributed by atoms with E-state index in [0.717, 1.165) is 6.29 Å². The molecule has 7 heteroatoms. The second kappa shape index (κ2) is 11.2. The van der Waals surface area contributed by atoms with Crippen molar-refractivity contribution < 1.29 is 19.2 Å². The van der Waals surface area contributed by atoms with Crippen molar-refractivity contribution in [1.29, 1.82) is 0 Å². The molecule has 0 aromatic carbocycles. The Morgan fingerprint density at radius 2 is 1.63 bits per heavy atom. The standard InChI is InChI=1S/C20H37N3O4/c1-9-10-18(26)22(7)16(6)19(27)23(8)20(13-25,11-14(2)3)21-17(12-24)15(4)5/h12-17,21H,9-11H2,1-8H3. The van der Waals surface area contributed by atoms with E-state index in [-0.39, 0.29) is 23.7 Å². The van der Waals surface area contributed by atoms with Crippen LogP contribution >= 0.6 is 0 Å². The molecule has 0 aliphatic heterocycles. The fourth-order valence-corrected chi connectivity index (χ4v) is 2.97. The lowest BCUT2D eigenvalue weighted by Gasteiger charge is -2.43. The lowest BCUT2D eigenvalue weighted by molar-refractivity contribution is -0.151. The summed E-state index contributed by atoms with van der Waals surface area (Å²) in [5.74, 6) is -0.403. The van der Waals surface area contributed by atoms with Gasteiger partial charge in [-0.05, 0) is 31.6 Å². The number of carbonyl (C=O) groups excluding carboxylic acids is 4. The number of rotatable bonds is 12. The predicted octanol–water partition coefficient (Wildman–Crippen LogP) is 1.85. The average molecular weight is 384 g/mol. The normalized spacial score (nSPS) is 15.8. The molecule has 27 heavy (non-hydrogen) atoms. The van der Waals surface area contributed by atoms with Crippen molar-refractivity contribution >= 4 is 24.4 Å². The zero-order valence-electron chi connectivity index (χ0n) is 18.1. The highest BCUT2D eigenvalue weighted by atomic mass is 16.2. The number of amides is 2. The minimum Gasteiger partial charge on any atom is -0.334 e. The second-order valence-corrected chi connectivity index (χ2v) is 8.02. The molecule has 0 heterocycles. The molecule has 0 radical (unpaired) electrons. The van der Waals surface area contributed by atoms with E-state index in [0.29, 0.717) is 25.5 Å². The average Bonchev–Trinajstić information content (AvgIpc) is 2.62. The van der Waals surface area contributed by atoms with Crippen molar-refractivity contribution in [3.63, 3.8) is 0 Å². The molecule has 0 rings (SSSR count). The molecule has 0 aliphatic rings. The highest BCUT2D eigenvalue weighted by Crippen LogP contribution is 2.22. The molecule has 1 N–H and O–H groups in total. The largest absolute Gasteiger partial charge is 0.334 e. The van der Waals surface area contributed by atoms with Gasteiger partial charge in [0, 0.05) is 20.5 Å². The Balaban J connectivity index is 5.75. The number of nitrogens with zero attached hydrogens (tertiary/aromatic N) is 2. The Morgan fingerprint density at radius 3 is 2.00 bits per heavy atom. The van der Waals surface area contributed by atoms with Gasteiger partial charge in [-0.1, -0.05) is 34.6 Å². The quantitative estimate of drug-likeness (QED) is 0.410. The molecule has 0 bridgehead atoms. The van der Waals surface area contributed by atoms with Gasteiger partial charge in [0.1, 0.15) is 12.3 Å². The zero-order valence-corrected chi connectivity index (χ0v) is 18.1. The van der Waals surface area contributed by atoms with E-state index < -0.39 is 17.7 Å². The molecule has 0 fully saturated rings. The van der Waals surface area contributed by atoms with Gasteiger partial charge in [0.05, 0.1) is 6.04 Å².